The molecule has 0 saturated heterocycles. The molecule has 3 nitrogen and oxygen atoms in total. The summed E-state index contributed by atoms with van der Waals surface area (Å²) in [6.45, 7) is 2.37. The van der Waals surface area contributed by atoms with E-state index in [2.05, 4.69) is 0 Å². The van der Waals surface area contributed by atoms with E-state index in [9.17, 15) is 4.57 Å². The number of unbranched alkanes of at least 4 members (excludes halogenated alkanes) is 1. The van der Waals surface area contributed by atoms with Gasteiger partial charge in [0.05, 0.1) is 16.9 Å². The smallest absolute Gasteiger partial charge is 0.298 e. The lowest BCUT2D eigenvalue weighted by Crippen LogP contribution is -2.16. The first-order valence-electron chi connectivity index (χ1n) is 4.96. The zero-order chi connectivity index (χ0) is 12.2. The third kappa shape index (κ3) is 3.76. The summed E-state index contributed by atoms with van der Waals surface area (Å²) in [7, 11) is -3.36. The minimum absolute atomic E-state index is 0.276. The van der Waals surface area contributed by atoms with Gasteiger partial charge < -0.3 is 4.52 Å². The molecule has 0 radical (unpaired) electrons. The number of hydrogen-bond donors (Lipinski definition) is 1. The van der Waals surface area contributed by atoms with E-state index < -0.39 is 7.52 Å². The second-order valence-electron chi connectivity index (χ2n) is 3.38. The molecular formula is C10H14Cl2NO2P. The van der Waals surface area contributed by atoms with Crippen molar-refractivity contribution in [2.75, 3.05) is 6.61 Å². The molecule has 6 heteroatoms. The van der Waals surface area contributed by atoms with Gasteiger partial charge in [0.1, 0.15) is 0 Å². The molecule has 0 fully saturated rings. The van der Waals surface area contributed by atoms with E-state index in [4.69, 9.17) is 33.2 Å². The third-order valence-corrected chi connectivity index (χ3v) is 4.33. The highest BCUT2D eigenvalue weighted by Gasteiger charge is 2.23. The van der Waals surface area contributed by atoms with Crippen LogP contribution in [0, 0.1) is 0 Å². The summed E-state index contributed by atoms with van der Waals surface area (Å²) in [4.78, 5) is 0. The fraction of sp³-hybridized carbons (Fsp3) is 0.400. The zero-order valence-corrected chi connectivity index (χ0v) is 11.4. The largest absolute Gasteiger partial charge is 0.314 e. The van der Waals surface area contributed by atoms with Crippen LogP contribution in [-0.2, 0) is 9.09 Å². The Hall–Kier alpha value is -0.0500. The van der Waals surface area contributed by atoms with Crippen LogP contribution in [0.2, 0.25) is 10.0 Å². The molecule has 0 aliphatic carbocycles. The fourth-order valence-corrected chi connectivity index (χ4v) is 3.09. The van der Waals surface area contributed by atoms with E-state index in [1.165, 1.54) is 6.07 Å². The van der Waals surface area contributed by atoms with E-state index in [0.29, 0.717) is 16.7 Å². The minimum Gasteiger partial charge on any atom is -0.314 e. The number of rotatable bonds is 5. The van der Waals surface area contributed by atoms with E-state index in [-0.39, 0.29) is 5.30 Å². The van der Waals surface area contributed by atoms with Gasteiger partial charge in [0.25, 0.3) is 7.52 Å². The predicted molar refractivity (Wildman–Crippen MR) is 68.7 cm³/mol. The zero-order valence-electron chi connectivity index (χ0n) is 8.95. The van der Waals surface area contributed by atoms with Gasteiger partial charge in [-0.05, 0) is 24.6 Å². The summed E-state index contributed by atoms with van der Waals surface area (Å²) in [6.07, 6.45) is 1.75. The Morgan fingerprint density at radius 1 is 1.44 bits per heavy atom. The Bertz CT molecular complexity index is 412. The van der Waals surface area contributed by atoms with Crippen LogP contribution in [0.5, 0.6) is 0 Å². The third-order valence-electron chi connectivity index (χ3n) is 2.02. The van der Waals surface area contributed by atoms with Crippen molar-refractivity contribution in [1.29, 1.82) is 0 Å². The molecule has 0 amide bonds. The average molecular weight is 282 g/mol. The molecule has 0 aliphatic heterocycles. The van der Waals surface area contributed by atoms with E-state index >= 15 is 0 Å². The molecule has 1 aromatic rings. The van der Waals surface area contributed by atoms with Crippen molar-refractivity contribution in [1.82, 2.24) is 0 Å². The van der Waals surface area contributed by atoms with Crippen LogP contribution in [0.15, 0.2) is 18.2 Å². The van der Waals surface area contributed by atoms with Crippen molar-refractivity contribution in [2.24, 2.45) is 5.50 Å². The summed E-state index contributed by atoms with van der Waals surface area (Å²) in [5, 5.41) is 1.02. The summed E-state index contributed by atoms with van der Waals surface area (Å²) in [6, 6.07) is 4.65. The number of halogens is 2. The van der Waals surface area contributed by atoms with Gasteiger partial charge in [0, 0.05) is 5.02 Å². The van der Waals surface area contributed by atoms with Gasteiger partial charge in [-0.2, -0.15) is 0 Å². The monoisotopic (exact) mass is 281 g/mol. The molecule has 1 rings (SSSR count). The van der Waals surface area contributed by atoms with Crippen LogP contribution in [0.1, 0.15) is 19.8 Å². The molecule has 0 saturated carbocycles. The van der Waals surface area contributed by atoms with Crippen molar-refractivity contribution in [3.63, 3.8) is 0 Å². The minimum atomic E-state index is -3.36. The maximum absolute atomic E-state index is 12.1. The summed E-state index contributed by atoms with van der Waals surface area (Å²) >= 11 is 11.7. The molecule has 90 valence electrons. The van der Waals surface area contributed by atoms with Crippen LogP contribution in [0.25, 0.3) is 0 Å². The molecule has 16 heavy (non-hydrogen) atoms. The molecule has 1 unspecified atom stereocenters. The highest BCUT2D eigenvalue weighted by Crippen LogP contribution is 2.39. The Morgan fingerprint density at radius 3 is 2.75 bits per heavy atom. The van der Waals surface area contributed by atoms with Crippen LogP contribution >= 0.6 is 30.7 Å². The molecule has 1 aromatic carbocycles. The molecule has 0 spiro atoms. The maximum Gasteiger partial charge on any atom is 0.298 e. The Morgan fingerprint density at radius 2 is 2.12 bits per heavy atom. The van der Waals surface area contributed by atoms with Crippen molar-refractivity contribution in [2.45, 2.75) is 19.8 Å². The second kappa shape index (κ2) is 6.04. The number of nitrogens with two attached hydrogens (primary N) is 1. The van der Waals surface area contributed by atoms with Gasteiger partial charge in [-0.15, -0.1) is 0 Å². The first-order valence-corrected chi connectivity index (χ1v) is 7.41. The highest BCUT2D eigenvalue weighted by atomic mass is 35.5. The predicted octanol–water partition coefficient (Wildman–Crippen LogP) is 3.59. The standard InChI is InChI=1S/C10H14Cl2NO2P/c1-2-3-6-15-16(13,14)10-7-8(11)4-5-9(10)12/h4-5,7H,2-3,6H2,1H3,(H2,13,14). The topological polar surface area (TPSA) is 52.3 Å². The van der Waals surface area contributed by atoms with Crippen LogP contribution in [0.4, 0.5) is 0 Å². The van der Waals surface area contributed by atoms with E-state index in [0.717, 1.165) is 12.8 Å². The molecule has 2 N–H and O–H groups in total. The fourth-order valence-electron chi connectivity index (χ4n) is 1.14. The van der Waals surface area contributed by atoms with Crippen molar-refractivity contribution < 1.29 is 9.09 Å². The van der Waals surface area contributed by atoms with Gasteiger partial charge in [-0.3, -0.25) is 10.1 Å². The Balaban J connectivity index is 2.88. The summed E-state index contributed by atoms with van der Waals surface area (Å²) in [5.74, 6) is 0. The first kappa shape index (κ1) is 14.0. The van der Waals surface area contributed by atoms with Crippen molar-refractivity contribution >= 4 is 36.0 Å². The van der Waals surface area contributed by atoms with Crippen molar-refractivity contribution in [3.8, 4) is 0 Å². The molecule has 0 aromatic heterocycles. The molecule has 0 heterocycles. The van der Waals surface area contributed by atoms with Gasteiger partial charge in [-0.25, -0.2) is 0 Å². The normalized spacial score (nSPS) is 14.8. The number of benzene rings is 1. The van der Waals surface area contributed by atoms with E-state index in [1.54, 1.807) is 12.1 Å². The maximum atomic E-state index is 12.1. The highest BCUT2D eigenvalue weighted by molar-refractivity contribution is 7.64. The Kier molecular flexibility index (Phi) is 5.29. The first-order chi connectivity index (χ1) is 7.47. The van der Waals surface area contributed by atoms with Gasteiger partial charge in [0.2, 0.25) is 0 Å². The van der Waals surface area contributed by atoms with E-state index in [1.807, 2.05) is 6.92 Å². The second-order valence-corrected chi connectivity index (χ2v) is 6.16. The van der Waals surface area contributed by atoms with Crippen LogP contribution in [-0.4, -0.2) is 6.61 Å². The molecule has 0 aliphatic rings. The van der Waals surface area contributed by atoms with Crippen LogP contribution in [0.3, 0.4) is 0 Å². The Labute approximate surface area is 105 Å². The SMILES string of the molecule is CCCCOP(N)(=O)c1cc(Cl)ccc1Cl. The lowest BCUT2D eigenvalue weighted by molar-refractivity contribution is 0.313. The average Bonchev–Trinajstić information content (AvgIpc) is 2.22. The van der Waals surface area contributed by atoms with Gasteiger partial charge >= 0.3 is 0 Å². The lowest BCUT2D eigenvalue weighted by atomic mass is 10.4. The van der Waals surface area contributed by atoms with Gasteiger partial charge in [-0.1, -0.05) is 36.5 Å². The quantitative estimate of drug-likeness (QED) is 0.663. The summed E-state index contributed by atoms with van der Waals surface area (Å²) in [5.41, 5.74) is 5.64. The van der Waals surface area contributed by atoms with Gasteiger partial charge in [0.15, 0.2) is 0 Å². The van der Waals surface area contributed by atoms with Crippen molar-refractivity contribution in [3.05, 3.63) is 28.2 Å². The summed E-state index contributed by atoms with van der Waals surface area (Å²) < 4.78 is 17.3. The van der Waals surface area contributed by atoms with Crippen LogP contribution < -0.4 is 10.8 Å². The molecule has 1 atom stereocenters. The number of hydrogen-bond acceptors (Lipinski definition) is 2. The molecule has 0 bridgehead atoms. The molecular weight excluding hydrogens is 268 g/mol. The lowest BCUT2D eigenvalue weighted by Gasteiger charge is -2.15.